The standard InChI is InChI=1S/C13H16BrNO2/c1-17-13(16)12-8-15-6-5-11(12)9-3-2-4-10(14)7-9/h2-4,7,11-12,15H,5-6,8H2,1H3. The Balaban J connectivity index is 2.24. The zero-order chi connectivity index (χ0) is 12.3. The molecule has 1 aromatic carbocycles. The van der Waals surface area contributed by atoms with Crippen molar-refractivity contribution in [2.24, 2.45) is 5.92 Å². The van der Waals surface area contributed by atoms with Gasteiger partial charge in [0.2, 0.25) is 0 Å². The second-order valence-electron chi connectivity index (χ2n) is 4.28. The number of ether oxygens (including phenoxy) is 1. The summed E-state index contributed by atoms with van der Waals surface area (Å²) in [5.74, 6) is 0.0476. The van der Waals surface area contributed by atoms with Gasteiger partial charge in [-0.25, -0.2) is 0 Å². The number of benzene rings is 1. The van der Waals surface area contributed by atoms with Crippen LogP contribution in [0.15, 0.2) is 28.7 Å². The Morgan fingerprint density at radius 2 is 2.35 bits per heavy atom. The van der Waals surface area contributed by atoms with Gasteiger partial charge < -0.3 is 10.1 Å². The Bertz CT molecular complexity index is 408. The molecule has 92 valence electrons. The number of carbonyl (C=O) groups excluding carboxylic acids is 1. The molecule has 2 atom stereocenters. The molecule has 1 aliphatic heterocycles. The van der Waals surface area contributed by atoms with E-state index in [0.717, 1.165) is 17.4 Å². The molecule has 1 aliphatic rings. The highest BCUT2D eigenvalue weighted by atomic mass is 79.9. The topological polar surface area (TPSA) is 38.3 Å². The number of esters is 1. The molecule has 0 aliphatic carbocycles. The van der Waals surface area contributed by atoms with E-state index in [1.54, 1.807) is 0 Å². The van der Waals surface area contributed by atoms with Gasteiger partial charge >= 0.3 is 5.97 Å². The van der Waals surface area contributed by atoms with Gasteiger partial charge in [-0.1, -0.05) is 28.1 Å². The minimum Gasteiger partial charge on any atom is -0.469 e. The molecule has 4 heteroatoms. The number of hydrogen-bond donors (Lipinski definition) is 1. The van der Waals surface area contributed by atoms with Crippen molar-refractivity contribution in [1.82, 2.24) is 5.32 Å². The first-order valence-corrected chi connectivity index (χ1v) is 6.55. The molecule has 3 nitrogen and oxygen atoms in total. The number of halogens is 1. The summed E-state index contributed by atoms with van der Waals surface area (Å²) in [4.78, 5) is 11.8. The Morgan fingerprint density at radius 1 is 1.53 bits per heavy atom. The van der Waals surface area contributed by atoms with Gasteiger partial charge in [-0.3, -0.25) is 4.79 Å². The van der Waals surface area contributed by atoms with Crippen LogP contribution in [-0.2, 0) is 9.53 Å². The normalized spacial score (nSPS) is 24.4. The van der Waals surface area contributed by atoms with Crippen molar-refractivity contribution < 1.29 is 9.53 Å². The van der Waals surface area contributed by atoms with E-state index in [9.17, 15) is 4.79 Å². The SMILES string of the molecule is COC(=O)C1CNCCC1c1cccc(Br)c1. The molecule has 0 aromatic heterocycles. The Labute approximate surface area is 110 Å². The lowest BCUT2D eigenvalue weighted by molar-refractivity contribution is -0.146. The third kappa shape index (κ3) is 2.87. The maximum atomic E-state index is 11.8. The zero-order valence-corrected chi connectivity index (χ0v) is 11.4. The summed E-state index contributed by atoms with van der Waals surface area (Å²) < 4.78 is 5.93. The molecule has 1 fully saturated rings. The molecular weight excluding hydrogens is 282 g/mol. The van der Waals surface area contributed by atoms with Crippen molar-refractivity contribution in [2.75, 3.05) is 20.2 Å². The van der Waals surface area contributed by atoms with Gasteiger partial charge in [-0.2, -0.15) is 0 Å². The largest absolute Gasteiger partial charge is 0.469 e. The lowest BCUT2D eigenvalue weighted by atomic mass is 9.81. The molecule has 1 heterocycles. The number of nitrogens with one attached hydrogen (secondary N) is 1. The van der Waals surface area contributed by atoms with Crippen molar-refractivity contribution in [1.29, 1.82) is 0 Å². The van der Waals surface area contributed by atoms with Crippen LogP contribution in [0.5, 0.6) is 0 Å². The predicted molar refractivity (Wildman–Crippen MR) is 69.9 cm³/mol. The lowest BCUT2D eigenvalue weighted by Crippen LogP contribution is -2.40. The number of hydrogen-bond acceptors (Lipinski definition) is 3. The van der Waals surface area contributed by atoms with E-state index in [1.165, 1.54) is 12.7 Å². The van der Waals surface area contributed by atoms with Crippen LogP contribution in [0, 0.1) is 5.92 Å². The Kier molecular flexibility index (Phi) is 4.18. The van der Waals surface area contributed by atoms with Crippen LogP contribution >= 0.6 is 15.9 Å². The Morgan fingerprint density at radius 3 is 3.06 bits per heavy atom. The predicted octanol–water partition coefficient (Wildman–Crippen LogP) is 2.32. The summed E-state index contributed by atoms with van der Waals surface area (Å²) >= 11 is 3.47. The molecule has 0 saturated carbocycles. The van der Waals surface area contributed by atoms with Crippen molar-refractivity contribution in [3.63, 3.8) is 0 Å². The van der Waals surface area contributed by atoms with E-state index in [0.29, 0.717) is 6.54 Å². The third-order valence-corrected chi connectivity index (χ3v) is 3.76. The summed E-state index contributed by atoms with van der Waals surface area (Å²) in [6.45, 7) is 1.65. The zero-order valence-electron chi connectivity index (χ0n) is 9.78. The van der Waals surface area contributed by atoms with Crippen molar-refractivity contribution in [3.05, 3.63) is 34.3 Å². The summed E-state index contributed by atoms with van der Waals surface area (Å²) in [7, 11) is 1.45. The molecule has 1 saturated heterocycles. The van der Waals surface area contributed by atoms with Gasteiger partial charge in [0.1, 0.15) is 0 Å². The highest BCUT2D eigenvalue weighted by Crippen LogP contribution is 2.32. The van der Waals surface area contributed by atoms with Crippen LogP contribution in [0.1, 0.15) is 17.9 Å². The van der Waals surface area contributed by atoms with Crippen LogP contribution in [0.2, 0.25) is 0 Å². The first kappa shape index (κ1) is 12.6. The molecule has 0 radical (unpaired) electrons. The summed E-state index contributed by atoms with van der Waals surface area (Å²) in [5, 5.41) is 3.25. The summed E-state index contributed by atoms with van der Waals surface area (Å²) in [6.07, 6.45) is 0.968. The first-order valence-electron chi connectivity index (χ1n) is 5.76. The maximum Gasteiger partial charge on any atom is 0.310 e. The average molecular weight is 298 g/mol. The fraction of sp³-hybridized carbons (Fsp3) is 0.462. The number of piperidine rings is 1. The fourth-order valence-corrected chi connectivity index (χ4v) is 2.81. The Hall–Kier alpha value is -0.870. The molecule has 0 spiro atoms. The number of methoxy groups -OCH3 is 1. The minimum atomic E-state index is -0.123. The maximum absolute atomic E-state index is 11.8. The van der Waals surface area contributed by atoms with Gasteiger partial charge in [0.15, 0.2) is 0 Å². The molecule has 0 bridgehead atoms. The summed E-state index contributed by atoms with van der Waals surface area (Å²) in [6, 6.07) is 8.18. The van der Waals surface area contributed by atoms with Crippen LogP contribution in [0.25, 0.3) is 0 Å². The van der Waals surface area contributed by atoms with E-state index in [4.69, 9.17) is 4.74 Å². The van der Waals surface area contributed by atoms with Crippen molar-refractivity contribution in [2.45, 2.75) is 12.3 Å². The van der Waals surface area contributed by atoms with E-state index in [-0.39, 0.29) is 17.8 Å². The molecular formula is C13H16BrNO2. The van der Waals surface area contributed by atoms with Gasteiger partial charge in [-0.05, 0) is 36.6 Å². The second-order valence-corrected chi connectivity index (χ2v) is 5.20. The van der Waals surface area contributed by atoms with E-state index < -0.39 is 0 Å². The smallest absolute Gasteiger partial charge is 0.310 e. The van der Waals surface area contributed by atoms with Gasteiger partial charge in [0, 0.05) is 11.0 Å². The number of carbonyl (C=O) groups is 1. The molecule has 0 amide bonds. The van der Waals surface area contributed by atoms with E-state index >= 15 is 0 Å². The van der Waals surface area contributed by atoms with Gasteiger partial charge in [-0.15, -0.1) is 0 Å². The monoisotopic (exact) mass is 297 g/mol. The highest BCUT2D eigenvalue weighted by Gasteiger charge is 2.32. The van der Waals surface area contributed by atoms with Gasteiger partial charge in [0.25, 0.3) is 0 Å². The van der Waals surface area contributed by atoms with Gasteiger partial charge in [0.05, 0.1) is 13.0 Å². The highest BCUT2D eigenvalue weighted by molar-refractivity contribution is 9.10. The third-order valence-electron chi connectivity index (χ3n) is 3.26. The van der Waals surface area contributed by atoms with Crippen molar-refractivity contribution >= 4 is 21.9 Å². The van der Waals surface area contributed by atoms with E-state index in [1.807, 2.05) is 12.1 Å². The van der Waals surface area contributed by atoms with Crippen molar-refractivity contribution in [3.8, 4) is 0 Å². The number of rotatable bonds is 2. The van der Waals surface area contributed by atoms with Crippen LogP contribution < -0.4 is 5.32 Å². The summed E-state index contributed by atoms with van der Waals surface area (Å²) in [5.41, 5.74) is 1.20. The van der Waals surface area contributed by atoms with Crippen LogP contribution in [-0.4, -0.2) is 26.2 Å². The van der Waals surface area contributed by atoms with E-state index in [2.05, 4.69) is 33.4 Å². The minimum absolute atomic E-state index is 0.0805. The quantitative estimate of drug-likeness (QED) is 0.852. The molecule has 1 aromatic rings. The molecule has 1 N–H and O–H groups in total. The lowest BCUT2D eigenvalue weighted by Gasteiger charge is -2.30. The molecule has 2 unspecified atom stereocenters. The fourth-order valence-electron chi connectivity index (χ4n) is 2.39. The average Bonchev–Trinajstić information content (AvgIpc) is 2.38. The second kappa shape index (κ2) is 5.65. The van der Waals surface area contributed by atoms with Crippen LogP contribution in [0.4, 0.5) is 0 Å². The first-order chi connectivity index (χ1) is 8.22. The molecule has 2 rings (SSSR count). The van der Waals surface area contributed by atoms with Crippen LogP contribution in [0.3, 0.4) is 0 Å². The molecule has 17 heavy (non-hydrogen) atoms.